The molecule has 0 aromatic heterocycles. The zero-order valence-electron chi connectivity index (χ0n) is 30.8. The number of ketones is 1. The van der Waals surface area contributed by atoms with Gasteiger partial charge >= 0.3 is 6.09 Å². The second kappa shape index (κ2) is 19.7. The van der Waals surface area contributed by atoms with Gasteiger partial charge in [0.25, 0.3) is 5.91 Å². The Morgan fingerprint density at radius 1 is 0.836 bits per heavy atom. The van der Waals surface area contributed by atoms with Crippen molar-refractivity contribution in [3.05, 3.63) is 132 Å². The molecular weight excluding hydrogens is 710 g/mol. The Balaban J connectivity index is 1.12. The van der Waals surface area contributed by atoms with Gasteiger partial charge in [0.05, 0.1) is 32.5 Å². The number of hydrogen-bond donors (Lipinski definition) is 1. The summed E-state index contributed by atoms with van der Waals surface area (Å²) in [5.41, 5.74) is 2.81. The minimum atomic E-state index is -1.40. The molecule has 1 N–H and O–H groups in total. The topological polar surface area (TPSA) is 149 Å². The largest absolute Gasteiger partial charge is 0.479 e. The fourth-order valence-corrected chi connectivity index (χ4v) is 6.81. The number of cyclic esters (lactones) is 1. The summed E-state index contributed by atoms with van der Waals surface area (Å²) in [5.74, 6) is -0.893. The van der Waals surface area contributed by atoms with Crippen molar-refractivity contribution in [3.63, 3.8) is 0 Å². The fraction of sp³-hybridized carbons (Fsp3) is 0.405. The molecule has 55 heavy (non-hydrogen) atoms. The van der Waals surface area contributed by atoms with E-state index in [1.54, 1.807) is 6.08 Å². The van der Waals surface area contributed by atoms with Crippen molar-refractivity contribution < 1.29 is 57.4 Å². The highest BCUT2D eigenvalue weighted by molar-refractivity contribution is 6.03. The van der Waals surface area contributed by atoms with Gasteiger partial charge in [-0.1, -0.05) is 91.0 Å². The molecule has 0 bridgehead atoms. The summed E-state index contributed by atoms with van der Waals surface area (Å²) >= 11 is 0. The van der Waals surface area contributed by atoms with Gasteiger partial charge in [-0.25, -0.2) is 9.69 Å². The first-order valence-corrected chi connectivity index (χ1v) is 18.3. The van der Waals surface area contributed by atoms with E-state index in [4.69, 9.17) is 37.9 Å². The van der Waals surface area contributed by atoms with E-state index in [1.165, 1.54) is 26.4 Å². The number of nitrogens with zero attached hydrogens (tertiary/aromatic N) is 1. The van der Waals surface area contributed by atoms with Crippen LogP contribution in [0.25, 0.3) is 0 Å². The summed E-state index contributed by atoms with van der Waals surface area (Å²) in [4.78, 5) is 40.5. The summed E-state index contributed by atoms with van der Waals surface area (Å²) < 4.78 is 47.8. The van der Waals surface area contributed by atoms with E-state index in [1.807, 2.05) is 91.0 Å². The molecule has 3 aromatic carbocycles. The van der Waals surface area contributed by atoms with Crippen LogP contribution >= 0.6 is 0 Å². The first kappa shape index (κ1) is 39.9. The Labute approximate surface area is 320 Å². The van der Waals surface area contributed by atoms with E-state index in [0.29, 0.717) is 18.6 Å². The van der Waals surface area contributed by atoms with Crippen LogP contribution in [0.2, 0.25) is 0 Å². The Morgan fingerprint density at radius 2 is 1.45 bits per heavy atom. The normalized spacial score (nSPS) is 26.5. The van der Waals surface area contributed by atoms with Gasteiger partial charge in [-0.15, -0.1) is 0 Å². The SMILES string of the molecule is CO[C@H]1O[C@H](CO)[C@@H](OCc2ccccc2)[C@H](OCc2ccccc2)[C@@H]1OCCC=C1C=CC(=O)[C@@H]([C@@H](OC)C(=O)N2C(=O)OC[C@H]2Cc2ccccc2)O1. The van der Waals surface area contributed by atoms with Gasteiger partial charge in [-0.2, -0.15) is 0 Å². The number of aliphatic hydroxyl groups is 1. The number of methoxy groups -OCH3 is 2. The summed E-state index contributed by atoms with van der Waals surface area (Å²) in [6.07, 6.45) is -2.09. The van der Waals surface area contributed by atoms with Crippen LogP contribution in [0.3, 0.4) is 0 Å². The molecule has 3 aliphatic rings. The van der Waals surface area contributed by atoms with Crippen LogP contribution in [0.15, 0.2) is 115 Å². The molecule has 292 valence electrons. The Morgan fingerprint density at radius 3 is 2.05 bits per heavy atom. The number of amides is 2. The third kappa shape index (κ3) is 10.1. The first-order valence-electron chi connectivity index (χ1n) is 18.3. The maximum Gasteiger partial charge on any atom is 0.417 e. The molecule has 6 rings (SSSR count). The smallest absolute Gasteiger partial charge is 0.417 e. The number of carbonyl (C=O) groups is 3. The lowest BCUT2D eigenvalue weighted by Crippen LogP contribution is -2.61. The first-order chi connectivity index (χ1) is 26.9. The molecule has 13 nitrogen and oxygen atoms in total. The van der Waals surface area contributed by atoms with Crippen LogP contribution in [0, 0.1) is 0 Å². The number of carbonyl (C=O) groups excluding carboxylic acids is 3. The van der Waals surface area contributed by atoms with Crippen molar-refractivity contribution in [2.24, 2.45) is 0 Å². The van der Waals surface area contributed by atoms with Crippen molar-refractivity contribution in [3.8, 4) is 0 Å². The Hall–Kier alpha value is -4.73. The molecule has 2 saturated heterocycles. The maximum absolute atomic E-state index is 13.7. The molecule has 13 heteroatoms. The number of imide groups is 1. The highest BCUT2D eigenvalue weighted by Gasteiger charge is 2.49. The number of allylic oxidation sites excluding steroid dienone is 1. The summed E-state index contributed by atoms with van der Waals surface area (Å²) in [6, 6.07) is 28.2. The van der Waals surface area contributed by atoms with Gasteiger partial charge < -0.3 is 43.0 Å². The van der Waals surface area contributed by atoms with Crippen LogP contribution in [-0.2, 0) is 67.1 Å². The predicted octanol–water partition coefficient (Wildman–Crippen LogP) is 4.31. The lowest BCUT2D eigenvalue weighted by atomic mass is 9.98. The zero-order chi connectivity index (χ0) is 38.6. The highest BCUT2D eigenvalue weighted by Crippen LogP contribution is 2.31. The van der Waals surface area contributed by atoms with Crippen molar-refractivity contribution in [1.82, 2.24) is 4.90 Å². The number of ether oxygens (including phenoxy) is 8. The number of aliphatic hydroxyl groups excluding tert-OH is 1. The van der Waals surface area contributed by atoms with E-state index < -0.39 is 66.7 Å². The summed E-state index contributed by atoms with van der Waals surface area (Å²) in [5, 5.41) is 10.3. The molecule has 0 aliphatic carbocycles. The summed E-state index contributed by atoms with van der Waals surface area (Å²) in [7, 11) is 2.78. The quantitative estimate of drug-likeness (QED) is 0.196. The lowest BCUT2D eigenvalue weighted by molar-refractivity contribution is -0.319. The molecule has 2 amide bonds. The van der Waals surface area contributed by atoms with Crippen LogP contribution in [0.4, 0.5) is 4.79 Å². The van der Waals surface area contributed by atoms with Crippen LogP contribution in [-0.4, -0.2) is 111 Å². The highest BCUT2D eigenvalue weighted by atomic mass is 16.7. The van der Waals surface area contributed by atoms with Crippen LogP contribution < -0.4 is 0 Å². The van der Waals surface area contributed by atoms with Crippen molar-refractivity contribution in [1.29, 1.82) is 0 Å². The van der Waals surface area contributed by atoms with Crippen LogP contribution in [0.1, 0.15) is 23.1 Å². The van der Waals surface area contributed by atoms with Gasteiger partial charge in [-0.05, 0) is 47.8 Å². The monoisotopic (exact) mass is 757 g/mol. The standard InChI is InChI=1S/C42H47NO12/c1-48-38(40(46)43-31(27-53-42(43)47)23-28-13-6-3-7-14-28)35-33(45)21-20-32(54-35)19-12-22-50-39-37(52-26-30-17-10-5-11-18-30)36(34(24-44)55-41(39)49-2)51-25-29-15-8-4-9-16-29/h3-11,13-21,31,34-39,41,44H,12,22-27H2,1-2H3/t31-,34-,35+,36-,37+,38-,39+,41+/m1/s1. The molecular formula is C42H47NO12. The van der Waals surface area contributed by atoms with Crippen molar-refractivity contribution in [2.75, 3.05) is 34.0 Å². The van der Waals surface area contributed by atoms with Crippen molar-refractivity contribution >= 4 is 17.8 Å². The van der Waals surface area contributed by atoms with Crippen molar-refractivity contribution in [2.45, 2.75) is 75.0 Å². The fourth-order valence-electron chi connectivity index (χ4n) is 6.81. The predicted molar refractivity (Wildman–Crippen MR) is 197 cm³/mol. The molecule has 0 saturated carbocycles. The van der Waals surface area contributed by atoms with Gasteiger partial charge in [0.2, 0.25) is 0 Å². The van der Waals surface area contributed by atoms with Gasteiger partial charge in [0.1, 0.15) is 36.8 Å². The third-order valence-electron chi connectivity index (χ3n) is 9.59. The number of hydrogen-bond acceptors (Lipinski definition) is 12. The van der Waals surface area contributed by atoms with E-state index in [0.717, 1.165) is 21.6 Å². The van der Waals surface area contributed by atoms with E-state index in [2.05, 4.69) is 0 Å². The minimum Gasteiger partial charge on any atom is -0.479 e. The summed E-state index contributed by atoms with van der Waals surface area (Å²) in [6.45, 7) is 0.361. The van der Waals surface area contributed by atoms with E-state index >= 15 is 0 Å². The maximum atomic E-state index is 13.7. The molecule has 2 fully saturated rings. The molecule has 0 unspecified atom stereocenters. The third-order valence-corrected chi connectivity index (χ3v) is 9.59. The number of rotatable bonds is 17. The number of benzene rings is 3. The Kier molecular flexibility index (Phi) is 14.3. The second-order valence-corrected chi connectivity index (χ2v) is 13.3. The average molecular weight is 758 g/mol. The minimum absolute atomic E-state index is 0.0229. The van der Waals surface area contributed by atoms with Crippen LogP contribution in [0.5, 0.6) is 0 Å². The average Bonchev–Trinajstić information content (AvgIpc) is 3.59. The molecule has 3 aromatic rings. The van der Waals surface area contributed by atoms with E-state index in [-0.39, 0.29) is 33.0 Å². The molecule has 3 heterocycles. The zero-order valence-corrected chi connectivity index (χ0v) is 30.8. The molecule has 8 atom stereocenters. The van der Waals surface area contributed by atoms with Gasteiger partial charge in [0.15, 0.2) is 24.3 Å². The molecule has 0 spiro atoms. The molecule has 0 radical (unpaired) electrons. The van der Waals surface area contributed by atoms with E-state index in [9.17, 15) is 19.5 Å². The van der Waals surface area contributed by atoms with Gasteiger partial charge in [0, 0.05) is 14.2 Å². The van der Waals surface area contributed by atoms with Gasteiger partial charge in [-0.3, -0.25) is 9.59 Å². The lowest BCUT2D eigenvalue weighted by Gasteiger charge is -2.45. The molecule has 3 aliphatic heterocycles. The Bertz CT molecular complexity index is 1750. The second-order valence-electron chi connectivity index (χ2n) is 13.3.